The van der Waals surface area contributed by atoms with E-state index in [-0.39, 0.29) is 17.9 Å². The SMILES string of the molecule is NC(=O)NCc1ccc(C(=O)NCC2(CCO)CC2)cc1. The van der Waals surface area contributed by atoms with Crippen molar-refractivity contribution < 1.29 is 14.7 Å². The van der Waals surface area contributed by atoms with Crippen LogP contribution in [-0.4, -0.2) is 30.2 Å². The Hall–Kier alpha value is -2.08. The number of aliphatic hydroxyl groups excluding tert-OH is 1. The van der Waals surface area contributed by atoms with Crippen LogP contribution in [0.25, 0.3) is 0 Å². The van der Waals surface area contributed by atoms with E-state index in [1.54, 1.807) is 24.3 Å². The average molecular weight is 291 g/mol. The highest BCUT2D eigenvalue weighted by atomic mass is 16.3. The summed E-state index contributed by atoms with van der Waals surface area (Å²) in [6.07, 6.45) is 2.86. The number of rotatable bonds is 7. The Bertz CT molecular complexity index is 509. The Labute approximate surface area is 123 Å². The van der Waals surface area contributed by atoms with Crippen LogP contribution in [0.5, 0.6) is 0 Å². The van der Waals surface area contributed by atoms with Crippen LogP contribution in [0.15, 0.2) is 24.3 Å². The number of carbonyl (C=O) groups is 2. The molecule has 0 bridgehead atoms. The van der Waals surface area contributed by atoms with Crippen LogP contribution >= 0.6 is 0 Å². The van der Waals surface area contributed by atoms with Crippen molar-refractivity contribution >= 4 is 11.9 Å². The zero-order chi connectivity index (χ0) is 15.3. The molecule has 1 saturated carbocycles. The van der Waals surface area contributed by atoms with Gasteiger partial charge in [-0.3, -0.25) is 4.79 Å². The van der Waals surface area contributed by atoms with Gasteiger partial charge in [0.25, 0.3) is 5.91 Å². The normalized spacial score (nSPS) is 15.3. The maximum Gasteiger partial charge on any atom is 0.312 e. The minimum Gasteiger partial charge on any atom is -0.396 e. The van der Waals surface area contributed by atoms with E-state index < -0.39 is 6.03 Å². The molecule has 0 unspecified atom stereocenters. The first kappa shape index (κ1) is 15.3. The van der Waals surface area contributed by atoms with Crippen molar-refractivity contribution in [2.75, 3.05) is 13.2 Å². The van der Waals surface area contributed by atoms with Crippen molar-refractivity contribution in [2.45, 2.75) is 25.8 Å². The molecule has 0 radical (unpaired) electrons. The van der Waals surface area contributed by atoms with Crippen LogP contribution < -0.4 is 16.4 Å². The number of nitrogens with two attached hydrogens (primary N) is 1. The molecule has 21 heavy (non-hydrogen) atoms. The molecule has 114 valence electrons. The molecule has 0 spiro atoms. The number of primary amides is 1. The highest BCUT2D eigenvalue weighted by Crippen LogP contribution is 2.47. The van der Waals surface area contributed by atoms with E-state index in [0.717, 1.165) is 24.8 Å². The first-order valence-corrected chi connectivity index (χ1v) is 7.06. The number of amides is 3. The standard InChI is InChI=1S/C15H21N3O3/c16-14(21)17-9-11-1-3-12(4-2-11)13(20)18-10-15(5-6-15)7-8-19/h1-4,19H,5-10H2,(H,18,20)(H3,16,17,21). The third-order valence-corrected chi connectivity index (χ3v) is 3.91. The minimum atomic E-state index is -0.574. The van der Waals surface area contributed by atoms with Crippen LogP contribution in [0.3, 0.4) is 0 Å². The van der Waals surface area contributed by atoms with E-state index in [1.807, 2.05) is 0 Å². The summed E-state index contributed by atoms with van der Waals surface area (Å²) in [7, 11) is 0. The lowest BCUT2D eigenvalue weighted by atomic mass is 10.0. The van der Waals surface area contributed by atoms with Gasteiger partial charge < -0.3 is 21.5 Å². The lowest BCUT2D eigenvalue weighted by Gasteiger charge is -2.14. The van der Waals surface area contributed by atoms with E-state index in [0.29, 0.717) is 18.7 Å². The fourth-order valence-electron chi connectivity index (χ4n) is 2.26. The molecule has 0 aromatic heterocycles. The van der Waals surface area contributed by atoms with Crippen molar-refractivity contribution in [3.8, 4) is 0 Å². The predicted octanol–water partition coefficient (Wildman–Crippen LogP) is 0.747. The second kappa shape index (κ2) is 6.58. The summed E-state index contributed by atoms with van der Waals surface area (Å²) in [5.41, 5.74) is 6.56. The number of nitrogens with one attached hydrogen (secondary N) is 2. The Morgan fingerprint density at radius 2 is 1.86 bits per heavy atom. The molecule has 5 N–H and O–H groups in total. The molecular formula is C15H21N3O3. The molecule has 1 aromatic carbocycles. The molecule has 1 aliphatic rings. The lowest BCUT2D eigenvalue weighted by Crippen LogP contribution is -2.31. The van der Waals surface area contributed by atoms with Crippen LogP contribution in [0.1, 0.15) is 35.2 Å². The van der Waals surface area contributed by atoms with Crippen molar-refractivity contribution in [2.24, 2.45) is 11.1 Å². The zero-order valence-electron chi connectivity index (χ0n) is 11.9. The summed E-state index contributed by atoms with van der Waals surface area (Å²) in [6, 6.07) is 6.44. The van der Waals surface area contributed by atoms with Gasteiger partial charge in [0.1, 0.15) is 0 Å². The molecule has 0 saturated heterocycles. The highest BCUT2D eigenvalue weighted by molar-refractivity contribution is 5.94. The van der Waals surface area contributed by atoms with E-state index in [2.05, 4.69) is 10.6 Å². The van der Waals surface area contributed by atoms with Gasteiger partial charge in [0, 0.05) is 25.3 Å². The number of urea groups is 1. The fourth-order valence-corrected chi connectivity index (χ4v) is 2.26. The minimum absolute atomic E-state index is 0.107. The van der Waals surface area contributed by atoms with Crippen LogP contribution in [0.4, 0.5) is 4.79 Å². The highest BCUT2D eigenvalue weighted by Gasteiger charge is 2.41. The molecular weight excluding hydrogens is 270 g/mol. The van der Waals surface area contributed by atoms with Crippen LogP contribution in [0, 0.1) is 5.41 Å². The largest absolute Gasteiger partial charge is 0.396 e. The van der Waals surface area contributed by atoms with Gasteiger partial charge in [0.2, 0.25) is 0 Å². The molecule has 1 aromatic rings. The Balaban J connectivity index is 1.84. The third-order valence-electron chi connectivity index (χ3n) is 3.91. The van der Waals surface area contributed by atoms with Crippen LogP contribution in [-0.2, 0) is 6.54 Å². The van der Waals surface area contributed by atoms with Gasteiger partial charge in [0.05, 0.1) is 0 Å². The van der Waals surface area contributed by atoms with Crippen molar-refractivity contribution in [3.05, 3.63) is 35.4 Å². The van der Waals surface area contributed by atoms with E-state index in [4.69, 9.17) is 10.8 Å². The van der Waals surface area contributed by atoms with Gasteiger partial charge in [0.15, 0.2) is 0 Å². The van der Waals surface area contributed by atoms with Gasteiger partial charge in [-0.1, -0.05) is 12.1 Å². The zero-order valence-corrected chi connectivity index (χ0v) is 11.9. The van der Waals surface area contributed by atoms with Gasteiger partial charge in [-0.05, 0) is 42.4 Å². The van der Waals surface area contributed by atoms with E-state index in [1.165, 1.54) is 0 Å². The molecule has 2 rings (SSSR count). The molecule has 1 fully saturated rings. The molecule has 0 heterocycles. The van der Waals surface area contributed by atoms with Gasteiger partial charge in [-0.15, -0.1) is 0 Å². The molecule has 1 aliphatic carbocycles. The monoisotopic (exact) mass is 291 g/mol. The van der Waals surface area contributed by atoms with Gasteiger partial charge >= 0.3 is 6.03 Å². The number of hydrogen-bond acceptors (Lipinski definition) is 3. The smallest absolute Gasteiger partial charge is 0.312 e. The van der Waals surface area contributed by atoms with E-state index in [9.17, 15) is 9.59 Å². The van der Waals surface area contributed by atoms with Crippen LogP contribution in [0.2, 0.25) is 0 Å². The van der Waals surface area contributed by atoms with Crippen molar-refractivity contribution in [1.82, 2.24) is 10.6 Å². The summed E-state index contributed by atoms with van der Waals surface area (Å²) < 4.78 is 0. The first-order chi connectivity index (χ1) is 10.0. The molecule has 6 nitrogen and oxygen atoms in total. The molecule has 6 heteroatoms. The average Bonchev–Trinajstić information content (AvgIpc) is 3.24. The molecule has 0 atom stereocenters. The summed E-state index contributed by atoms with van der Waals surface area (Å²) in [5, 5.41) is 14.4. The molecule has 0 aliphatic heterocycles. The Kier molecular flexibility index (Phi) is 4.80. The molecule has 3 amide bonds. The Morgan fingerprint density at radius 3 is 2.38 bits per heavy atom. The van der Waals surface area contributed by atoms with Gasteiger partial charge in [-0.2, -0.15) is 0 Å². The second-order valence-electron chi connectivity index (χ2n) is 5.57. The second-order valence-corrected chi connectivity index (χ2v) is 5.57. The number of carbonyl (C=O) groups excluding carboxylic acids is 2. The van der Waals surface area contributed by atoms with E-state index >= 15 is 0 Å². The van der Waals surface area contributed by atoms with Gasteiger partial charge in [-0.25, -0.2) is 4.79 Å². The summed E-state index contributed by atoms with van der Waals surface area (Å²) in [4.78, 5) is 22.7. The topological polar surface area (TPSA) is 104 Å². The fraction of sp³-hybridized carbons (Fsp3) is 0.467. The summed E-state index contributed by atoms with van der Waals surface area (Å²) in [5.74, 6) is -0.117. The van der Waals surface area contributed by atoms with Crippen molar-refractivity contribution in [1.29, 1.82) is 0 Å². The third kappa shape index (κ3) is 4.46. The maximum atomic E-state index is 12.0. The van der Waals surface area contributed by atoms with Crippen molar-refractivity contribution in [3.63, 3.8) is 0 Å². The number of hydrogen-bond donors (Lipinski definition) is 4. The number of benzene rings is 1. The quantitative estimate of drug-likeness (QED) is 0.595. The Morgan fingerprint density at radius 1 is 1.19 bits per heavy atom. The number of aliphatic hydroxyl groups is 1. The predicted molar refractivity (Wildman–Crippen MR) is 78.6 cm³/mol. The maximum absolute atomic E-state index is 12.0. The first-order valence-electron chi connectivity index (χ1n) is 7.06. The lowest BCUT2D eigenvalue weighted by molar-refractivity contribution is 0.0940. The summed E-state index contributed by atoms with van der Waals surface area (Å²) in [6.45, 7) is 1.12. The summed E-state index contributed by atoms with van der Waals surface area (Å²) >= 11 is 0.